The maximum absolute atomic E-state index is 11.7. The molecule has 0 atom stereocenters. The van der Waals surface area contributed by atoms with Gasteiger partial charge in [-0.3, -0.25) is 0 Å². The maximum Gasteiger partial charge on any atom is 0.161 e. The van der Waals surface area contributed by atoms with Crippen molar-refractivity contribution in [2.45, 2.75) is 12.7 Å². The Bertz CT molecular complexity index is 485. The Morgan fingerprint density at radius 1 is 1.28 bits per heavy atom. The Hall–Kier alpha value is -1.27. The van der Waals surface area contributed by atoms with Crippen LogP contribution in [0, 0.1) is 0 Å². The molecule has 0 spiro atoms. The summed E-state index contributed by atoms with van der Waals surface area (Å²) in [7, 11) is -1.61. The summed E-state index contributed by atoms with van der Waals surface area (Å²) in [5.74, 6) is 1.11. The number of nitrogens with two attached hydrogens (primary N) is 1. The zero-order valence-electron chi connectivity index (χ0n) is 10.7. The van der Waals surface area contributed by atoms with Crippen molar-refractivity contribution < 1.29 is 17.9 Å². The monoisotopic (exact) mass is 273 g/mol. The van der Waals surface area contributed by atoms with Crippen LogP contribution >= 0.6 is 0 Å². The molecule has 102 valence electrons. The van der Waals surface area contributed by atoms with Gasteiger partial charge >= 0.3 is 0 Å². The molecule has 0 unspecified atom stereocenters. The van der Waals surface area contributed by atoms with Gasteiger partial charge in [0.25, 0.3) is 0 Å². The second-order valence-corrected chi connectivity index (χ2v) is 5.98. The van der Waals surface area contributed by atoms with Crippen molar-refractivity contribution in [3.05, 3.63) is 23.8 Å². The standard InChI is InChI=1S/C12H19NO4S/c1-3-17-12-8-10(4-5-11(12)16-2)9-18(14,15)7-6-13/h4-5,8H,3,6-7,9,13H2,1-2H3. The molecule has 1 aromatic rings. The fraction of sp³-hybridized carbons (Fsp3) is 0.500. The van der Waals surface area contributed by atoms with Crippen molar-refractivity contribution in [3.8, 4) is 11.5 Å². The minimum Gasteiger partial charge on any atom is -0.493 e. The van der Waals surface area contributed by atoms with Crippen LogP contribution in [0.25, 0.3) is 0 Å². The Morgan fingerprint density at radius 2 is 2.00 bits per heavy atom. The second-order valence-electron chi connectivity index (χ2n) is 3.80. The molecule has 0 aromatic heterocycles. The molecule has 0 aliphatic carbocycles. The number of benzene rings is 1. The zero-order valence-corrected chi connectivity index (χ0v) is 11.5. The highest BCUT2D eigenvalue weighted by Crippen LogP contribution is 2.28. The van der Waals surface area contributed by atoms with Crippen LogP contribution in [0.2, 0.25) is 0 Å². The lowest BCUT2D eigenvalue weighted by atomic mass is 10.2. The van der Waals surface area contributed by atoms with E-state index in [1.165, 1.54) is 0 Å². The molecule has 0 aliphatic heterocycles. The third kappa shape index (κ3) is 4.19. The third-order valence-corrected chi connectivity index (χ3v) is 3.97. The molecule has 6 heteroatoms. The smallest absolute Gasteiger partial charge is 0.161 e. The highest BCUT2D eigenvalue weighted by molar-refractivity contribution is 7.90. The molecule has 2 N–H and O–H groups in total. The van der Waals surface area contributed by atoms with E-state index in [4.69, 9.17) is 15.2 Å². The summed E-state index contributed by atoms with van der Waals surface area (Å²) in [5.41, 5.74) is 5.94. The van der Waals surface area contributed by atoms with E-state index >= 15 is 0 Å². The Morgan fingerprint density at radius 3 is 2.56 bits per heavy atom. The molecule has 0 bridgehead atoms. The third-order valence-electron chi connectivity index (χ3n) is 2.34. The molecular formula is C12H19NO4S. The van der Waals surface area contributed by atoms with Crippen LogP contribution in [0.4, 0.5) is 0 Å². The van der Waals surface area contributed by atoms with Crippen molar-refractivity contribution in [1.29, 1.82) is 0 Å². The first-order chi connectivity index (χ1) is 8.52. The number of hydrogen-bond donors (Lipinski definition) is 1. The van der Waals surface area contributed by atoms with Gasteiger partial charge in [0.2, 0.25) is 0 Å². The van der Waals surface area contributed by atoms with E-state index in [-0.39, 0.29) is 18.1 Å². The summed E-state index contributed by atoms with van der Waals surface area (Å²) in [6.07, 6.45) is 0. The fourth-order valence-corrected chi connectivity index (χ4v) is 2.78. The van der Waals surface area contributed by atoms with Crippen molar-refractivity contribution in [3.63, 3.8) is 0 Å². The Kier molecular flexibility index (Phi) is 5.43. The molecule has 0 aliphatic rings. The molecule has 0 saturated heterocycles. The van der Waals surface area contributed by atoms with Gasteiger partial charge in [-0.25, -0.2) is 8.42 Å². The van der Waals surface area contributed by atoms with Gasteiger partial charge in [-0.05, 0) is 24.6 Å². The lowest BCUT2D eigenvalue weighted by Crippen LogP contribution is -2.17. The molecular weight excluding hydrogens is 254 g/mol. The number of ether oxygens (including phenoxy) is 2. The van der Waals surface area contributed by atoms with E-state index in [1.807, 2.05) is 6.92 Å². The fourth-order valence-electron chi connectivity index (χ4n) is 1.58. The van der Waals surface area contributed by atoms with Crippen molar-refractivity contribution in [2.75, 3.05) is 26.0 Å². The van der Waals surface area contributed by atoms with Crippen molar-refractivity contribution in [2.24, 2.45) is 5.73 Å². The molecule has 0 radical (unpaired) electrons. The van der Waals surface area contributed by atoms with Crippen LogP contribution < -0.4 is 15.2 Å². The van der Waals surface area contributed by atoms with Gasteiger partial charge in [0.05, 0.1) is 25.2 Å². The first-order valence-corrected chi connectivity index (χ1v) is 7.54. The van der Waals surface area contributed by atoms with Crippen LogP contribution in [0.1, 0.15) is 12.5 Å². The van der Waals surface area contributed by atoms with Gasteiger partial charge in [-0.1, -0.05) is 6.07 Å². The van der Waals surface area contributed by atoms with Gasteiger partial charge in [0.1, 0.15) is 0 Å². The molecule has 1 rings (SSSR count). The minimum absolute atomic E-state index is 0.0109. The zero-order chi connectivity index (χ0) is 13.6. The summed E-state index contributed by atoms with van der Waals surface area (Å²) >= 11 is 0. The first-order valence-electron chi connectivity index (χ1n) is 5.72. The number of hydrogen-bond acceptors (Lipinski definition) is 5. The van der Waals surface area contributed by atoms with Crippen molar-refractivity contribution >= 4 is 9.84 Å². The van der Waals surface area contributed by atoms with Gasteiger partial charge in [0, 0.05) is 6.54 Å². The topological polar surface area (TPSA) is 78.6 Å². The highest BCUT2D eigenvalue weighted by Gasteiger charge is 2.13. The molecule has 0 heterocycles. The summed E-state index contributed by atoms with van der Waals surface area (Å²) < 4.78 is 33.9. The normalized spacial score (nSPS) is 11.3. The number of methoxy groups -OCH3 is 1. The van der Waals surface area contributed by atoms with Gasteiger partial charge in [-0.2, -0.15) is 0 Å². The summed E-state index contributed by atoms with van der Waals surface area (Å²) in [6, 6.07) is 5.12. The summed E-state index contributed by atoms with van der Waals surface area (Å²) in [4.78, 5) is 0. The summed E-state index contributed by atoms with van der Waals surface area (Å²) in [6.45, 7) is 2.49. The van der Waals surface area contributed by atoms with Crippen LogP contribution in [-0.2, 0) is 15.6 Å². The average Bonchev–Trinajstić information content (AvgIpc) is 2.29. The van der Waals surface area contributed by atoms with E-state index in [1.54, 1.807) is 25.3 Å². The van der Waals surface area contributed by atoms with E-state index < -0.39 is 9.84 Å². The molecule has 0 fully saturated rings. The number of rotatable bonds is 7. The lowest BCUT2D eigenvalue weighted by Gasteiger charge is -2.11. The predicted molar refractivity (Wildman–Crippen MR) is 70.7 cm³/mol. The molecule has 0 saturated carbocycles. The largest absolute Gasteiger partial charge is 0.493 e. The molecule has 1 aromatic carbocycles. The van der Waals surface area contributed by atoms with Crippen LogP contribution in [0.5, 0.6) is 11.5 Å². The minimum atomic E-state index is -3.16. The highest BCUT2D eigenvalue weighted by atomic mass is 32.2. The van der Waals surface area contributed by atoms with E-state index in [2.05, 4.69) is 0 Å². The van der Waals surface area contributed by atoms with Crippen LogP contribution in [-0.4, -0.2) is 34.4 Å². The Balaban J connectivity index is 2.94. The average molecular weight is 273 g/mol. The van der Waals surface area contributed by atoms with E-state index in [0.717, 1.165) is 0 Å². The lowest BCUT2D eigenvalue weighted by molar-refractivity contribution is 0.310. The second kappa shape index (κ2) is 6.61. The van der Waals surface area contributed by atoms with Crippen molar-refractivity contribution in [1.82, 2.24) is 0 Å². The Labute approximate surface area is 108 Å². The first kappa shape index (κ1) is 14.8. The predicted octanol–water partition coefficient (Wildman–Crippen LogP) is 0.967. The maximum atomic E-state index is 11.7. The van der Waals surface area contributed by atoms with Crippen LogP contribution in [0.15, 0.2) is 18.2 Å². The molecule has 0 amide bonds. The molecule has 18 heavy (non-hydrogen) atoms. The van der Waals surface area contributed by atoms with Gasteiger partial charge in [0.15, 0.2) is 21.3 Å². The summed E-state index contributed by atoms with van der Waals surface area (Å²) in [5, 5.41) is 0. The quantitative estimate of drug-likeness (QED) is 0.800. The van der Waals surface area contributed by atoms with E-state index in [0.29, 0.717) is 23.7 Å². The molecule has 5 nitrogen and oxygen atoms in total. The van der Waals surface area contributed by atoms with E-state index in [9.17, 15) is 8.42 Å². The number of sulfone groups is 1. The van der Waals surface area contributed by atoms with Gasteiger partial charge < -0.3 is 15.2 Å². The SMILES string of the molecule is CCOc1cc(CS(=O)(=O)CCN)ccc1OC. The van der Waals surface area contributed by atoms with Gasteiger partial charge in [-0.15, -0.1) is 0 Å². The van der Waals surface area contributed by atoms with Crippen LogP contribution in [0.3, 0.4) is 0 Å².